The first kappa shape index (κ1) is 23.4. The molecular formula is C26H39N2O4+. The zero-order valence-corrected chi connectivity index (χ0v) is 20.0. The standard InChI is InChI=1S/C26H39N2O4/c1-5-6-7-11-14-21(29)27-16-15-26-17-28(26,25(31)18(2)23(32-4)24(26)27)19(3)22(30)20-12-9-8-10-13-20/h8-10,12-13,18-19,22-24,30H,5-7,11,14-17H2,1-4H3/q+1/t18-,19-,22-,23-,24-,26?,28?/m1/s1. The van der Waals surface area contributed by atoms with Crippen molar-refractivity contribution in [1.82, 2.24) is 4.90 Å². The third-order valence-electron chi connectivity index (χ3n) is 8.60. The van der Waals surface area contributed by atoms with E-state index in [-0.39, 0.29) is 45.9 Å². The molecule has 6 nitrogen and oxygen atoms in total. The average Bonchev–Trinajstić information content (AvgIpc) is 3.36. The Morgan fingerprint density at radius 3 is 2.66 bits per heavy atom. The second-order valence-corrected chi connectivity index (χ2v) is 10.1. The van der Waals surface area contributed by atoms with E-state index < -0.39 is 6.10 Å². The van der Waals surface area contributed by atoms with Crippen LogP contribution in [0.1, 0.15) is 71.0 Å². The van der Waals surface area contributed by atoms with Gasteiger partial charge in [-0.05, 0) is 25.8 Å². The Morgan fingerprint density at radius 1 is 1.28 bits per heavy atom. The maximum absolute atomic E-state index is 13.8. The van der Waals surface area contributed by atoms with Gasteiger partial charge in [-0.3, -0.25) is 4.79 Å². The van der Waals surface area contributed by atoms with Crippen molar-refractivity contribution < 1.29 is 23.9 Å². The number of hydrogen-bond donors (Lipinski definition) is 1. The zero-order valence-electron chi connectivity index (χ0n) is 20.0. The molecule has 32 heavy (non-hydrogen) atoms. The highest BCUT2D eigenvalue weighted by molar-refractivity contribution is 5.81. The van der Waals surface area contributed by atoms with Gasteiger partial charge >= 0.3 is 5.91 Å². The number of rotatable bonds is 9. The van der Waals surface area contributed by atoms with Crippen molar-refractivity contribution in [3.05, 3.63) is 35.9 Å². The van der Waals surface area contributed by atoms with E-state index in [4.69, 9.17) is 4.74 Å². The van der Waals surface area contributed by atoms with E-state index in [0.717, 1.165) is 37.7 Å². The smallest absolute Gasteiger partial charge is 0.320 e. The lowest BCUT2D eigenvalue weighted by Crippen LogP contribution is -2.66. The number of carbonyl (C=O) groups is 2. The Labute approximate surface area is 192 Å². The van der Waals surface area contributed by atoms with Gasteiger partial charge in [-0.2, -0.15) is 0 Å². The van der Waals surface area contributed by atoms with E-state index in [2.05, 4.69) is 6.92 Å². The molecule has 176 valence electrons. The lowest BCUT2D eigenvalue weighted by Gasteiger charge is -2.44. The largest absolute Gasteiger partial charge is 0.382 e. The highest BCUT2D eigenvalue weighted by atomic mass is 16.5. The van der Waals surface area contributed by atoms with Crippen molar-refractivity contribution in [3.8, 4) is 0 Å². The number of amides is 2. The van der Waals surface area contributed by atoms with E-state index in [1.807, 2.05) is 49.1 Å². The molecule has 1 spiro atoms. The number of nitrogens with zero attached hydrogens (tertiary/aromatic N) is 2. The Bertz CT molecular complexity index is 845. The fourth-order valence-electron chi connectivity index (χ4n) is 6.83. The Kier molecular flexibility index (Phi) is 6.49. The quantitative estimate of drug-likeness (QED) is 0.361. The van der Waals surface area contributed by atoms with Crippen LogP contribution in [-0.2, 0) is 14.3 Å². The fourth-order valence-corrected chi connectivity index (χ4v) is 6.83. The molecule has 2 amide bonds. The van der Waals surface area contributed by atoms with Gasteiger partial charge < -0.3 is 14.7 Å². The van der Waals surface area contributed by atoms with Crippen LogP contribution in [0, 0.1) is 5.92 Å². The molecule has 0 bridgehead atoms. The van der Waals surface area contributed by atoms with E-state index in [0.29, 0.717) is 19.5 Å². The second kappa shape index (κ2) is 8.88. The van der Waals surface area contributed by atoms with Gasteiger partial charge in [0.2, 0.25) is 5.91 Å². The highest BCUT2D eigenvalue weighted by Crippen LogP contribution is 2.62. The van der Waals surface area contributed by atoms with Gasteiger partial charge in [-0.15, -0.1) is 0 Å². The number of carbonyl (C=O) groups excluding carboxylic acids is 2. The molecule has 3 heterocycles. The normalized spacial score (nSPS) is 35.2. The first-order valence-electron chi connectivity index (χ1n) is 12.3. The van der Waals surface area contributed by atoms with Crippen molar-refractivity contribution >= 4 is 11.8 Å². The van der Waals surface area contributed by atoms with Crippen molar-refractivity contribution in [2.45, 2.75) is 89.1 Å². The summed E-state index contributed by atoms with van der Waals surface area (Å²) in [5.74, 6) is 0.0141. The summed E-state index contributed by atoms with van der Waals surface area (Å²) in [5, 5.41) is 11.2. The van der Waals surface area contributed by atoms with Crippen LogP contribution in [0.25, 0.3) is 0 Å². The van der Waals surface area contributed by atoms with Crippen molar-refractivity contribution in [2.75, 3.05) is 20.2 Å². The molecule has 7 atom stereocenters. The summed E-state index contributed by atoms with van der Waals surface area (Å²) in [6.45, 7) is 7.46. The first-order chi connectivity index (χ1) is 15.4. The summed E-state index contributed by atoms with van der Waals surface area (Å²) in [4.78, 5) is 29.0. The molecule has 3 aliphatic rings. The molecule has 6 heteroatoms. The van der Waals surface area contributed by atoms with E-state index in [1.54, 1.807) is 7.11 Å². The molecule has 0 aromatic heterocycles. The Balaban J connectivity index is 1.62. The summed E-state index contributed by atoms with van der Waals surface area (Å²) in [5.41, 5.74) is 0.501. The van der Waals surface area contributed by atoms with Gasteiger partial charge in [0.05, 0.1) is 12.0 Å². The number of benzene rings is 1. The van der Waals surface area contributed by atoms with Crippen LogP contribution < -0.4 is 0 Å². The van der Waals surface area contributed by atoms with Crippen LogP contribution >= 0.6 is 0 Å². The molecule has 0 radical (unpaired) electrons. The number of aliphatic hydroxyl groups excluding tert-OH is 1. The van der Waals surface area contributed by atoms with Crippen LogP contribution in [0.3, 0.4) is 0 Å². The van der Waals surface area contributed by atoms with Gasteiger partial charge in [0.25, 0.3) is 0 Å². The Morgan fingerprint density at radius 2 is 2.00 bits per heavy atom. The number of hydrogen-bond acceptors (Lipinski definition) is 4. The molecule has 3 aliphatic heterocycles. The fraction of sp³-hybridized carbons (Fsp3) is 0.692. The summed E-state index contributed by atoms with van der Waals surface area (Å²) in [6.07, 6.45) is 4.63. The lowest BCUT2D eigenvalue weighted by molar-refractivity contribution is -0.792. The number of likely N-dealkylation sites (tertiary alicyclic amines) is 1. The number of aliphatic hydroxyl groups is 1. The molecule has 3 fully saturated rings. The van der Waals surface area contributed by atoms with Crippen LogP contribution in [0.5, 0.6) is 0 Å². The van der Waals surface area contributed by atoms with Crippen LogP contribution in [0.2, 0.25) is 0 Å². The third-order valence-corrected chi connectivity index (χ3v) is 8.60. The van der Waals surface area contributed by atoms with Crippen LogP contribution in [0.4, 0.5) is 0 Å². The molecule has 3 saturated heterocycles. The molecule has 1 aromatic carbocycles. The molecule has 2 unspecified atom stereocenters. The minimum absolute atomic E-state index is 0.107. The number of quaternary nitrogens is 1. The van der Waals surface area contributed by atoms with Crippen molar-refractivity contribution in [3.63, 3.8) is 0 Å². The topological polar surface area (TPSA) is 66.8 Å². The Hall–Kier alpha value is -1.76. The summed E-state index contributed by atoms with van der Waals surface area (Å²) in [7, 11) is 1.66. The third kappa shape index (κ3) is 3.34. The second-order valence-electron chi connectivity index (χ2n) is 10.1. The summed E-state index contributed by atoms with van der Waals surface area (Å²) in [6, 6.07) is 9.23. The maximum Gasteiger partial charge on any atom is 0.320 e. The number of ether oxygens (including phenoxy) is 1. The average molecular weight is 444 g/mol. The van der Waals surface area contributed by atoms with Gasteiger partial charge in [0, 0.05) is 26.5 Å². The SMILES string of the molecule is CCCCCCC(=O)N1CCC23C[N+]2([C@H](C)[C@@H](O)c2ccccc2)C(=O)[C@H](C)[C@@H](OC)[C@@H]13. The van der Waals surface area contributed by atoms with Crippen LogP contribution in [-0.4, -0.2) is 70.2 Å². The molecule has 1 aromatic rings. The zero-order chi connectivity index (χ0) is 23.1. The van der Waals surface area contributed by atoms with Crippen molar-refractivity contribution in [1.29, 1.82) is 0 Å². The summed E-state index contributed by atoms with van der Waals surface area (Å²) < 4.78 is 6.16. The van der Waals surface area contributed by atoms with E-state index in [1.165, 1.54) is 0 Å². The summed E-state index contributed by atoms with van der Waals surface area (Å²) >= 11 is 0. The van der Waals surface area contributed by atoms with E-state index in [9.17, 15) is 14.7 Å². The van der Waals surface area contributed by atoms with Crippen LogP contribution in [0.15, 0.2) is 30.3 Å². The lowest BCUT2D eigenvalue weighted by atomic mass is 9.82. The molecule has 0 saturated carbocycles. The van der Waals surface area contributed by atoms with Gasteiger partial charge in [-0.25, -0.2) is 9.28 Å². The van der Waals surface area contributed by atoms with Gasteiger partial charge in [0.15, 0.2) is 5.54 Å². The monoisotopic (exact) mass is 443 g/mol. The number of unbranched alkanes of at least 4 members (excludes halogenated alkanes) is 3. The maximum atomic E-state index is 13.8. The van der Waals surface area contributed by atoms with Gasteiger partial charge in [-0.1, -0.05) is 56.5 Å². The minimum Gasteiger partial charge on any atom is -0.382 e. The molecular weight excluding hydrogens is 404 g/mol. The molecule has 0 aliphatic carbocycles. The predicted molar refractivity (Wildman–Crippen MR) is 123 cm³/mol. The molecule has 4 rings (SSSR count). The van der Waals surface area contributed by atoms with Crippen molar-refractivity contribution in [2.24, 2.45) is 5.92 Å². The number of methoxy groups -OCH3 is 1. The minimum atomic E-state index is -0.731. The first-order valence-corrected chi connectivity index (χ1v) is 12.3. The molecule has 1 N–H and O–H groups in total. The highest BCUT2D eigenvalue weighted by Gasteiger charge is 2.86. The number of piperidine rings is 1. The predicted octanol–water partition coefficient (Wildman–Crippen LogP) is 3.44. The van der Waals surface area contributed by atoms with Gasteiger partial charge in [0.1, 0.15) is 24.7 Å². The van der Waals surface area contributed by atoms with E-state index >= 15 is 0 Å².